The molecule has 1 aromatic heterocycles. The van der Waals surface area contributed by atoms with Crippen LogP contribution in [0.15, 0.2) is 91.3 Å². The van der Waals surface area contributed by atoms with Gasteiger partial charge in [0.2, 0.25) is 5.91 Å². The molecule has 4 rings (SSSR count). The fourth-order valence-corrected chi connectivity index (χ4v) is 3.69. The highest BCUT2D eigenvalue weighted by molar-refractivity contribution is 6.01. The molecule has 0 unspecified atom stereocenters. The minimum absolute atomic E-state index is 0.300. The van der Waals surface area contributed by atoms with Gasteiger partial charge in [-0.2, -0.15) is 0 Å². The number of hydrogen-bond donors (Lipinski definition) is 2. The number of aromatic nitrogens is 2. The van der Waals surface area contributed by atoms with Crippen molar-refractivity contribution in [2.75, 3.05) is 11.9 Å². The van der Waals surface area contributed by atoms with E-state index in [4.69, 9.17) is 9.47 Å². The Labute approximate surface area is 227 Å². The molecule has 8 nitrogen and oxygen atoms in total. The summed E-state index contributed by atoms with van der Waals surface area (Å²) in [6, 6.07) is 21.9. The summed E-state index contributed by atoms with van der Waals surface area (Å²) in [6.45, 7) is 5.74. The van der Waals surface area contributed by atoms with Gasteiger partial charge in [0.25, 0.3) is 0 Å². The van der Waals surface area contributed by atoms with Crippen molar-refractivity contribution in [2.24, 2.45) is 0 Å². The third-order valence-corrected chi connectivity index (χ3v) is 5.99. The van der Waals surface area contributed by atoms with Crippen LogP contribution in [0.25, 0.3) is 17.3 Å². The Kier molecular flexibility index (Phi) is 8.36. The molecule has 2 N–H and O–H groups in total. The molecule has 0 saturated carbocycles. The Morgan fingerprint density at radius 2 is 1.72 bits per heavy atom. The van der Waals surface area contributed by atoms with Gasteiger partial charge in [0.15, 0.2) is 17.3 Å². The van der Waals surface area contributed by atoms with Gasteiger partial charge in [-0.15, -0.1) is 0 Å². The van der Waals surface area contributed by atoms with E-state index in [0.29, 0.717) is 40.9 Å². The van der Waals surface area contributed by atoms with Crippen LogP contribution in [-0.4, -0.2) is 33.6 Å². The Bertz CT molecular complexity index is 1500. The molecule has 0 fully saturated rings. The van der Waals surface area contributed by atoms with E-state index < -0.39 is 11.4 Å². The van der Waals surface area contributed by atoms with Crippen molar-refractivity contribution < 1.29 is 24.2 Å². The fourth-order valence-electron chi connectivity index (χ4n) is 3.69. The molecule has 0 atom stereocenters. The van der Waals surface area contributed by atoms with E-state index in [2.05, 4.69) is 15.3 Å². The van der Waals surface area contributed by atoms with Crippen LogP contribution in [0.2, 0.25) is 0 Å². The number of benzene rings is 3. The number of ether oxygens (including phenoxy) is 2. The molecule has 1 heterocycles. The van der Waals surface area contributed by atoms with Crippen molar-refractivity contribution in [2.45, 2.75) is 26.2 Å². The molecule has 198 valence electrons. The second-order valence-electron chi connectivity index (χ2n) is 9.17. The number of carbonyl (C=O) groups excluding carboxylic acids is 1. The normalized spacial score (nSPS) is 11.3. The van der Waals surface area contributed by atoms with Gasteiger partial charge in [-0.1, -0.05) is 48.5 Å². The molecule has 3 aromatic carbocycles. The predicted octanol–water partition coefficient (Wildman–Crippen LogP) is 6.35. The first kappa shape index (κ1) is 27.1. The van der Waals surface area contributed by atoms with Crippen LogP contribution in [0.1, 0.15) is 31.9 Å². The molecule has 1 amide bonds. The molecular formula is C31H29N3O5. The van der Waals surface area contributed by atoms with Crippen molar-refractivity contribution in [1.82, 2.24) is 9.97 Å². The average Bonchev–Trinajstić information content (AvgIpc) is 2.93. The lowest BCUT2D eigenvalue weighted by Gasteiger charge is -2.19. The molecule has 4 aromatic rings. The zero-order valence-electron chi connectivity index (χ0n) is 21.9. The second-order valence-corrected chi connectivity index (χ2v) is 9.17. The van der Waals surface area contributed by atoms with Gasteiger partial charge in [0, 0.05) is 11.6 Å². The van der Waals surface area contributed by atoms with E-state index in [1.807, 2.05) is 55.5 Å². The number of carboxylic acids is 1. The molecule has 0 aliphatic heterocycles. The third kappa shape index (κ3) is 6.87. The standard InChI is InChI=1S/C31H29N3O5/c1-4-38-26-10-5-6-11-27(26)39-24-9-7-8-22(18-24)25-19-32-20-28(33-25)34-29(35)17-14-21-12-15-23(16-13-21)31(2,3)30(36)37/h5-20H,4H2,1-3H3,(H,36,37)(H,33,34,35). The van der Waals surface area contributed by atoms with Crippen molar-refractivity contribution in [3.63, 3.8) is 0 Å². The summed E-state index contributed by atoms with van der Waals surface area (Å²) in [5, 5.41) is 12.1. The summed E-state index contributed by atoms with van der Waals surface area (Å²) in [7, 11) is 0. The van der Waals surface area contributed by atoms with Crippen LogP contribution in [-0.2, 0) is 15.0 Å². The van der Waals surface area contributed by atoms with Crippen molar-refractivity contribution in [1.29, 1.82) is 0 Å². The first-order chi connectivity index (χ1) is 18.8. The largest absolute Gasteiger partial charge is 0.490 e. The topological polar surface area (TPSA) is 111 Å². The highest BCUT2D eigenvalue weighted by Crippen LogP contribution is 2.33. The van der Waals surface area contributed by atoms with Gasteiger partial charge in [-0.3, -0.25) is 14.6 Å². The van der Waals surface area contributed by atoms with E-state index in [1.54, 1.807) is 50.4 Å². The summed E-state index contributed by atoms with van der Waals surface area (Å²) in [5.74, 6) is 0.893. The van der Waals surface area contributed by atoms with E-state index in [9.17, 15) is 14.7 Å². The number of rotatable bonds is 10. The Morgan fingerprint density at radius 1 is 0.974 bits per heavy atom. The number of para-hydroxylation sites is 2. The quantitative estimate of drug-likeness (QED) is 0.233. The monoisotopic (exact) mass is 523 g/mol. The summed E-state index contributed by atoms with van der Waals surface area (Å²) >= 11 is 0. The lowest BCUT2D eigenvalue weighted by molar-refractivity contribution is -0.142. The SMILES string of the molecule is CCOc1ccccc1Oc1cccc(-c2cncc(NC(=O)C=Cc3ccc(C(C)(C)C(=O)O)cc3)n2)c1. The number of aliphatic carboxylic acids is 1. The summed E-state index contributed by atoms with van der Waals surface area (Å²) in [6.07, 6.45) is 6.11. The van der Waals surface area contributed by atoms with Gasteiger partial charge in [0.1, 0.15) is 5.75 Å². The lowest BCUT2D eigenvalue weighted by Crippen LogP contribution is -2.28. The van der Waals surface area contributed by atoms with E-state index in [-0.39, 0.29) is 5.91 Å². The number of nitrogens with zero attached hydrogens (tertiary/aromatic N) is 2. The maximum Gasteiger partial charge on any atom is 0.313 e. The molecule has 0 aliphatic rings. The highest BCUT2D eigenvalue weighted by Gasteiger charge is 2.29. The first-order valence-corrected chi connectivity index (χ1v) is 12.4. The first-order valence-electron chi connectivity index (χ1n) is 12.4. The number of carbonyl (C=O) groups is 2. The average molecular weight is 524 g/mol. The minimum Gasteiger partial charge on any atom is -0.490 e. The van der Waals surface area contributed by atoms with E-state index in [1.165, 1.54) is 12.3 Å². The van der Waals surface area contributed by atoms with Gasteiger partial charge < -0.3 is 19.9 Å². The van der Waals surface area contributed by atoms with Crippen molar-refractivity contribution >= 4 is 23.8 Å². The molecule has 39 heavy (non-hydrogen) atoms. The number of nitrogens with one attached hydrogen (secondary N) is 1. The number of hydrogen-bond acceptors (Lipinski definition) is 6. The summed E-state index contributed by atoms with van der Waals surface area (Å²) in [4.78, 5) is 32.7. The number of carboxylic acid groups (broad SMARTS) is 1. The maximum absolute atomic E-state index is 12.5. The van der Waals surface area contributed by atoms with E-state index in [0.717, 1.165) is 11.1 Å². The van der Waals surface area contributed by atoms with Crippen molar-refractivity contribution in [3.05, 3.63) is 102 Å². The molecule has 0 spiro atoms. The molecule has 0 radical (unpaired) electrons. The maximum atomic E-state index is 12.5. The van der Waals surface area contributed by atoms with Crippen LogP contribution in [0.5, 0.6) is 17.2 Å². The third-order valence-electron chi connectivity index (χ3n) is 5.99. The van der Waals surface area contributed by atoms with Crippen LogP contribution in [0, 0.1) is 0 Å². The molecular weight excluding hydrogens is 494 g/mol. The molecule has 0 aliphatic carbocycles. The zero-order chi connectivity index (χ0) is 27.8. The lowest BCUT2D eigenvalue weighted by atomic mass is 9.84. The minimum atomic E-state index is -0.997. The Hall–Kier alpha value is -4.98. The zero-order valence-corrected chi connectivity index (χ0v) is 21.9. The predicted molar refractivity (Wildman–Crippen MR) is 150 cm³/mol. The smallest absolute Gasteiger partial charge is 0.313 e. The van der Waals surface area contributed by atoms with Crippen LogP contribution in [0.4, 0.5) is 5.82 Å². The van der Waals surface area contributed by atoms with Gasteiger partial charge >= 0.3 is 5.97 Å². The molecule has 0 bridgehead atoms. The highest BCUT2D eigenvalue weighted by atomic mass is 16.5. The second kappa shape index (κ2) is 12.0. The van der Waals surface area contributed by atoms with Gasteiger partial charge in [-0.05, 0) is 62.2 Å². The Balaban J connectivity index is 1.43. The molecule has 0 saturated heterocycles. The summed E-state index contributed by atoms with van der Waals surface area (Å²) < 4.78 is 11.7. The van der Waals surface area contributed by atoms with Gasteiger partial charge in [-0.25, -0.2) is 4.98 Å². The summed E-state index contributed by atoms with van der Waals surface area (Å²) in [5.41, 5.74) is 1.78. The van der Waals surface area contributed by atoms with Gasteiger partial charge in [0.05, 0.1) is 30.1 Å². The van der Waals surface area contributed by atoms with Crippen LogP contribution in [0.3, 0.4) is 0 Å². The fraction of sp³-hybridized carbons (Fsp3) is 0.161. The Morgan fingerprint density at radius 3 is 2.44 bits per heavy atom. The van der Waals surface area contributed by atoms with Crippen LogP contribution < -0.4 is 14.8 Å². The number of amides is 1. The number of anilines is 1. The van der Waals surface area contributed by atoms with E-state index >= 15 is 0 Å². The molecule has 8 heteroatoms. The van der Waals surface area contributed by atoms with Crippen molar-refractivity contribution in [3.8, 4) is 28.5 Å². The van der Waals surface area contributed by atoms with Crippen LogP contribution >= 0.6 is 0 Å².